The summed E-state index contributed by atoms with van der Waals surface area (Å²) in [6.45, 7) is 20.9. The fourth-order valence-corrected chi connectivity index (χ4v) is 8.48. The van der Waals surface area contributed by atoms with Gasteiger partial charge < -0.3 is 30.7 Å². The van der Waals surface area contributed by atoms with E-state index in [1.54, 1.807) is 6.92 Å². The zero-order valence-corrected chi connectivity index (χ0v) is 34.1. The average Bonchev–Trinajstić information content (AvgIpc) is 3.96. The van der Waals surface area contributed by atoms with Gasteiger partial charge in [0.25, 0.3) is 0 Å². The molecule has 0 bridgehead atoms. The van der Waals surface area contributed by atoms with E-state index in [0.717, 1.165) is 82.7 Å². The maximum absolute atomic E-state index is 13.7. The number of imidazole rings is 1. The van der Waals surface area contributed by atoms with Gasteiger partial charge in [-0.25, -0.2) is 4.98 Å². The van der Waals surface area contributed by atoms with Crippen LogP contribution in [0.25, 0.3) is 33.3 Å². The lowest BCUT2D eigenvalue weighted by atomic mass is 9.98. The number of nitrogens with zero attached hydrogens (tertiary/aromatic N) is 3. The molecular formula is C46H61N7O2. The quantitative estimate of drug-likeness (QED) is 0.103. The molecule has 2 fully saturated rings. The van der Waals surface area contributed by atoms with Crippen LogP contribution < -0.4 is 16.0 Å². The molecule has 4 aromatic rings. The number of aromatic amines is 1. The van der Waals surface area contributed by atoms with Gasteiger partial charge in [-0.3, -0.25) is 9.59 Å². The van der Waals surface area contributed by atoms with E-state index in [1.807, 2.05) is 18.7 Å². The Hall–Kier alpha value is -4.89. The van der Waals surface area contributed by atoms with Crippen LogP contribution in [0.15, 0.2) is 84.7 Å². The van der Waals surface area contributed by atoms with E-state index in [1.165, 1.54) is 11.3 Å². The molecule has 292 valence electrons. The fraction of sp³-hybridized carbons (Fsp3) is 0.457. The summed E-state index contributed by atoms with van der Waals surface area (Å²) < 4.78 is 0. The SMILES string of the molecule is C=C(Nc1cc(-c2ccc(-c3ccc4nc([C@@H]5CCCN5C(=O)[C@@H](NC(=O)CC)C(C)C)[nH]c4c3)cc2)ccc1C)C1CCCN1C(=CC)C(NC)C(C)C. The predicted octanol–water partition coefficient (Wildman–Crippen LogP) is 8.96. The number of benzene rings is 3. The third-order valence-corrected chi connectivity index (χ3v) is 11.6. The van der Waals surface area contributed by atoms with Gasteiger partial charge in [0.05, 0.1) is 23.1 Å². The van der Waals surface area contributed by atoms with E-state index >= 15 is 0 Å². The lowest BCUT2D eigenvalue weighted by molar-refractivity contribution is -0.138. The number of carbonyl (C=O) groups excluding carboxylic acids is 2. The molecule has 0 aliphatic carbocycles. The second-order valence-electron chi connectivity index (χ2n) is 16.0. The summed E-state index contributed by atoms with van der Waals surface area (Å²) in [6.07, 6.45) is 6.59. The minimum Gasteiger partial charge on any atom is -0.365 e. The molecule has 3 aromatic carbocycles. The van der Waals surface area contributed by atoms with E-state index in [9.17, 15) is 9.59 Å². The van der Waals surface area contributed by atoms with Crippen LogP contribution in [-0.2, 0) is 9.59 Å². The molecule has 4 atom stereocenters. The molecule has 2 unspecified atom stereocenters. The van der Waals surface area contributed by atoms with Crippen molar-refractivity contribution >= 4 is 28.5 Å². The average molecular weight is 744 g/mol. The highest BCUT2D eigenvalue weighted by Gasteiger charge is 2.37. The zero-order valence-electron chi connectivity index (χ0n) is 34.1. The molecular weight excluding hydrogens is 683 g/mol. The second kappa shape index (κ2) is 17.3. The third kappa shape index (κ3) is 8.52. The van der Waals surface area contributed by atoms with E-state index in [2.05, 4.69) is 134 Å². The summed E-state index contributed by atoms with van der Waals surface area (Å²) in [6, 6.07) is 21.5. The van der Waals surface area contributed by atoms with E-state index < -0.39 is 6.04 Å². The number of aryl methyl sites for hydroxylation is 1. The highest BCUT2D eigenvalue weighted by atomic mass is 16.2. The van der Waals surface area contributed by atoms with E-state index in [-0.39, 0.29) is 29.8 Å². The summed E-state index contributed by atoms with van der Waals surface area (Å²) in [5.74, 6) is 1.13. The van der Waals surface area contributed by atoms with Crippen molar-refractivity contribution in [3.8, 4) is 22.3 Å². The Kier molecular flexibility index (Phi) is 12.5. The first-order chi connectivity index (χ1) is 26.4. The molecule has 3 heterocycles. The minimum absolute atomic E-state index is 0.00930. The van der Waals surface area contributed by atoms with Crippen molar-refractivity contribution in [1.82, 2.24) is 30.4 Å². The number of hydrogen-bond donors (Lipinski definition) is 4. The Morgan fingerprint density at radius 3 is 2.15 bits per heavy atom. The number of hydrogen-bond acceptors (Lipinski definition) is 6. The lowest BCUT2D eigenvalue weighted by Crippen LogP contribution is -2.51. The number of likely N-dealkylation sites (tertiary alicyclic amines) is 2. The number of anilines is 1. The van der Waals surface area contributed by atoms with Gasteiger partial charge in [0.1, 0.15) is 11.9 Å². The molecule has 9 nitrogen and oxygen atoms in total. The monoisotopic (exact) mass is 743 g/mol. The lowest BCUT2D eigenvalue weighted by Gasteiger charge is -2.36. The van der Waals surface area contributed by atoms with Gasteiger partial charge >= 0.3 is 0 Å². The molecule has 2 amide bonds. The molecule has 9 heteroatoms. The van der Waals surface area contributed by atoms with Crippen LogP contribution in [0.4, 0.5) is 5.69 Å². The van der Waals surface area contributed by atoms with Gasteiger partial charge in [0.15, 0.2) is 0 Å². The highest BCUT2D eigenvalue weighted by Crippen LogP contribution is 2.35. The molecule has 55 heavy (non-hydrogen) atoms. The predicted molar refractivity (Wildman–Crippen MR) is 226 cm³/mol. The summed E-state index contributed by atoms with van der Waals surface area (Å²) in [7, 11) is 2.05. The van der Waals surface area contributed by atoms with Crippen molar-refractivity contribution in [1.29, 1.82) is 0 Å². The summed E-state index contributed by atoms with van der Waals surface area (Å²) in [4.78, 5) is 38.8. The van der Waals surface area contributed by atoms with E-state index in [0.29, 0.717) is 24.9 Å². The maximum atomic E-state index is 13.7. The third-order valence-electron chi connectivity index (χ3n) is 11.6. The largest absolute Gasteiger partial charge is 0.365 e. The summed E-state index contributed by atoms with van der Waals surface area (Å²) in [5.41, 5.74) is 11.0. The number of allylic oxidation sites excluding steroid dienone is 1. The first-order valence-electron chi connectivity index (χ1n) is 20.3. The van der Waals surface area contributed by atoms with Crippen molar-refractivity contribution in [2.45, 2.75) is 105 Å². The van der Waals surface area contributed by atoms with Crippen LogP contribution in [0.1, 0.15) is 91.1 Å². The van der Waals surface area contributed by atoms with E-state index in [4.69, 9.17) is 4.98 Å². The Morgan fingerprint density at radius 2 is 1.51 bits per heavy atom. The standard InChI is InChI=1S/C46H61N7O2/c1-10-39(43(47-9)28(3)4)52-24-12-14-40(52)31(8)48-37-26-34(17-16-30(37)7)32-18-20-33(21-19-32)35-22-23-36-38(27-35)50-45(49-36)41-15-13-25-53(41)46(55)44(29(5)6)51-42(54)11-2/h10,16-23,26-29,40-41,43-44,47-48H,8,11-15,24-25H2,1-7,9H3,(H,49,50)(H,51,54)/t40?,41-,43?,44-/m0/s1. The van der Waals surface area contributed by atoms with Gasteiger partial charge in [-0.05, 0) is 104 Å². The minimum atomic E-state index is -0.546. The van der Waals surface area contributed by atoms with Gasteiger partial charge in [0.2, 0.25) is 11.8 Å². The molecule has 2 saturated heterocycles. The van der Waals surface area contributed by atoms with Crippen LogP contribution in [0.5, 0.6) is 0 Å². The van der Waals surface area contributed by atoms with Gasteiger partial charge in [-0.1, -0.05) is 89.7 Å². The molecule has 2 aliphatic heterocycles. The normalized spacial score (nSPS) is 18.7. The molecule has 2 aliphatic rings. The maximum Gasteiger partial charge on any atom is 0.246 e. The Bertz CT molecular complexity index is 2030. The molecule has 0 spiro atoms. The Balaban J connectivity index is 1.16. The van der Waals surface area contributed by atoms with Gasteiger partial charge in [0, 0.05) is 42.6 Å². The second-order valence-corrected chi connectivity index (χ2v) is 16.0. The molecule has 4 N–H and O–H groups in total. The smallest absolute Gasteiger partial charge is 0.246 e. The van der Waals surface area contributed by atoms with Crippen molar-refractivity contribution < 1.29 is 9.59 Å². The molecule has 6 rings (SSSR count). The van der Waals surface area contributed by atoms with Crippen molar-refractivity contribution in [3.63, 3.8) is 0 Å². The van der Waals surface area contributed by atoms with Crippen molar-refractivity contribution in [3.05, 3.63) is 96.1 Å². The number of amides is 2. The number of H-pyrrole nitrogens is 1. The molecule has 0 saturated carbocycles. The number of aromatic nitrogens is 2. The van der Waals surface area contributed by atoms with Crippen LogP contribution in [0.2, 0.25) is 0 Å². The number of rotatable bonds is 14. The van der Waals surface area contributed by atoms with Crippen LogP contribution in [0, 0.1) is 18.8 Å². The van der Waals surface area contributed by atoms with Crippen LogP contribution in [0.3, 0.4) is 0 Å². The summed E-state index contributed by atoms with van der Waals surface area (Å²) in [5, 5.41) is 10.2. The van der Waals surface area contributed by atoms with Crippen molar-refractivity contribution in [2.75, 3.05) is 25.5 Å². The Morgan fingerprint density at radius 1 is 0.891 bits per heavy atom. The topological polar surface area (TPSA) is 105 Å². The zero-order chi connectivity index (χ0) is 39.4. The first kappa shape index (κ1) is 39.8. The van der Waals surface area contributed by atoms with Gasteiger partial charge in [-0.2, -0.15) is 0 Å². The van der Waals surface area contributed by atoms with Crippen LogP contribution >= 0.6 is 0 Å². The first-order valence-corrected chi connectivity index (χ1v) is 20.3. The molecule has 1 aromatic heterocycles. The number of fused-ring (bicyclic) bond motifs is 1. The molecule has 0 radical (unpaired) electrons. The Labute approximate surface area is 328 Å². The van der Waals surface area contributed by atoms with Gasteiger partial charge in [-0.15, -0.1) is 0 Å². The highest BCUT2D eigenvalue weighted by molar-refractivity contribution is 5.88. The fourth-order valence-electron chi connectivity index (χ4n) is 8.48. The number of nitrogens with one attached hydrogen (secondary N) is 4. The van der Waals surface area contributed by atoms with Crippen molar-refractivity contribution in [2.24, 2.45) is 11.8 Å². The van der Waals surface area contributed by atoms with Crippen LogP contribution in [-0.4, -0.2) is 69.8 Å². The number of carbonyl (C=O) groups is 2. The summed E-state index contributed by atoms with van der Waals surface area (Å²) >= 11 is 0. The number of likely N-dealkylation sites (N-methyl/N-ethyl adjacent to an activating group) is 1.